The summed E-state index contributed by atoms with van der Waals surface area (Å²) in [6, 6.07) is 6.97. The number of hydrogen-bond donors (Lipinski definition) is 5. The number of nitrogens with one attached hydrogen (secondary N) is 2. The molecule has 4 saturated heterocycles. The van der Waals surface area contributed by atoms with E-state index in [4.69, 9.17) is 52.2 Å². The average Bonchev–Trinajstić information content (AvgIpc) is 3.26. The van der Waals surface area contributed by atoms with Crippen molar-refractivity contribution < 1.29 is 0 Å². The average molecular weight is 915 g/mol. The van der Waals surface area contributed by atoms with E-state index in [1.807, 2.05) is 18.2 Å². The summed E-state index contributed by atoms with van der Waals surface area (Å²) in [5.41, 5.74) is 2.53. The number of nitrogens with zero attached hydrogens (tertiary/aromatic N) is 15. The molecule has 4 fully saturated rings. The van der Waals surface area contributed by atoms with Crippen LogP contribution in [-0.2, 0) is 0 Å². The first kappa shape index (κ1) is 50.7. The van der Waals surface area contributed by atoms with Gasteiger partial charge in [0.1, 0.15) is 69.2 Å². The zero-order chi connectivity index (χ0) is 43.7. The molecule has 0 saturated carbocycles. The van der Waals surface area contributed by atoms with Crippen LogP contribution in [0.1, 0.15) is 0 Å². The quantitative estimate of drug-likeness (QED) is 0.111. The van der Waals surface area contributed by atoms with Gasteiger partial charge in [-0.2, -0.15) is 0 Å². The van der Waals surface area contributed by atoms with Crippen LogP contribution in [-0.4, -0.2) is 192 Å². The molecule has 0 unspecified atom stereocenters. The smallest absolute Gasteiger partial charge is 0.145 e. The fourth-order valence-corrected chi connectivity index (χ4v) is 6.42. The minimum atomic E-state index is 0.366. The fraction of sp³-hybridized carbons (Fsp3) is 0.556. The first-order chi connectivity index (χ1) is 29.0. The molecule has 0 bridgehead atoms. The third-order valence-corrected chi connectivity index (χ3v) is 10.3. The molecule has 4 aromatic heterocycles. The highest BCUT2D eigenvalue weighted by Gasteiger charge is 2.17. The maximum Gasteiger partial charge on any atom is 0.145 e. The number of hydrogen-bond acceptors (Lipinski definition) is 20. The van der Waals surface area contributed by atoms with Gasteiger partial charge in [0.2, 0.25) is 0 Å². The molecule has 8 heterocycles. The van der Waals surface area contributed by atoms with E-state index < -0.39 is 0 Å². The molecule has 20 nitrogen and oxygen atoms in total. The maximum atomic E-state index is 5.80. The van der Waals surface area contributed by atoms with Gasteiger partial charge in [-0.1, -0.05) is 46.4 Å². The van der Waals surface area contributed by atoms with Crippen LogP contribution in [0.15, 0.2) is 49.6 Å². The van der Waals surface area contributed by atoms with Crippen LogP contribution < -0.4 is 43.0 Å². The Hall–Kier alpha value is -3.64. The molecule has 0 aliphatic carbocycles. The van der Waals surface area contributed by atoms with Crippen LogP contribution >= 0.6 is 46.4 Å². The predicted molar refractivity (Wildman–Crippen MR) is 244 cm³/mol. The Labute approximate surface area is 373 Å². The topological polar surface area (TPSA) is 228 Å². The molecule has 8 rings (SSSR count). The molecule has 24 heteroatoms. The second kappa shape index (κ2) is 28.8. The van der Waals surface area contributed by atoms with Crippen molar-refractivity contribution >= 4 is 69.7 Å². The molecule has 0 amide bonds. The molecular weight excluding hydrogens is 854 g/mol. The molecule has 0 radical (unpaired) electrons. The number of piperazine rings is 4. The number of nitrogens with two attached hydrogens (primary N) is 3. The van der Waals surface area contributed by atoms with Crippen LogP contribution in [0.5, 0.6) is 0 Å². The number of aromatic nitrogens is 8. The van der Waals surface area contributed by atoms with E-state index in [2.05, 4.69) is 125 Å². The minimum absolute atomic E-state index is 0.366. The number of rotatable bonds is 4. The molecule has 0 aromatic carbocycles. The Morgan fingerprint density at radius 2 is 0.733 bits per heavy atom. The summed E-state index contributed by atoms with van der Waals surface area (Å²) in [6.07, 6.45) is 5.86. The number of nitrogen functional groups attached to an aromatic ring is 1. The fourth-order valence-electron chi connectivity index (χ4n) is 5.79. The van der Waals surface area contributed by atoms with Gasteiger partial charge in [-0.05, 0) is 28.2 Å². The summed E-state index contributed by atoms with van der Waals surface area (Å²) in [5, 5.41) is 5.02. The third-order valence-electron chi connectivity index (χ3n) is 9.46. The van der Waals surface area contributed by atoms with Gasteiger partial charge in [0, 0.05) is 129 Å². The summed E-state index contributed by atoms with van der Waals surface area (Å²) in [4.78, 5) is 47.5. The monoisotopic (exact) mass is 912 g/mol. The summed E-state index contributed by atoms with van der Waals surface area (Å²) in [7, 11) is 8.54. The van der Waals surface area contributed by atoms with E-state index in [-0.39, 0.29) is 0 Å². The lowest BCUT2D eigenvalue weighted by Gasteiger charge is -2.33. The van der Waals surface area contributed by atoms with Crippen molar-refractivity contribution in [3.63, 3.8) is 0 Å². The lowest BCUT2D eigenvalue weighted by molar-refractivity contribution is 0.291. The minimum Gasteiger partial charge on any atom is -0.354 e. The van der Waals surface area contributed by atoms with Crippen molar-refractivity contribution in [1.29, 1.82) is 0 Å². The number of hydrazine groups is 2. The molecule has 4 aromatic rings. The second-order valence-corrected chi connectivity index (χ2v) is 15.4. The van der Waals surface area contributed by atoms with Crippen LogP contribution in [0.2, 0.25) is 20.6 Å². The summed E-state index contributed by atoms with van der Waals surface area (Å²) < 4.78 is 0. The largest absolute Gasteiger partial charge is 0.354 e. The van der Waals surface area contributed by atoms with E-state index in [1.165, 1.54) is 44.5 Å². The lowest BCUT2D eigenvalue weighted by atomic mass is 10.3. The van der Waals surface area contributed by atoms with Crippen molar-refractivity contribution in [3.8, 4) is 0 Å². The molecule has 0 atom stereocenters. The molecular formula is C36H60Cl4N20. The van der Waals surface area contributed by atoms with Gasteiger partial charge in [-0.3, -0.25) is 11.7 Å². The molecule has 60 heavy (non-hydrogen) atoms. The molecule has 4 aliphatic rings. The summed E-state index contributed by atoms with van der Waals surface area (Å²) in [6.45, 7) is 17.2. The van der Waals surface area contributed by atoms with Gasteiger partial charge in [-0.25, -0.2) is 45.7 Å². The second-order valence-electron chi connectivity index (χ2n) is 13.9. The van der Waals surface area contributed by atoms with E-state index >= 15 is 0 Å². The Morgan fingerprint density at radius 1 is 0.433 bits per heavy atom. The maximum absolute atomic E-state index is 5.80. The Balaban J connectivity index is 0.000000203. The van der Waals surface area contributed by atoms with Crippen molar-refractivity contribution in [2.45, 2.75) is 0 Å². The van der Waals surface area contributed by atoms with Crippen molar-refractivity contribution in [2.24, 2.45) is 17.5 Å². The number of likely N-dealkylation sites (N-methyl/N-ethyl adjacent to an activating group) is 4. The van der Waals surface area contributed by atoms with Crippen LogP contribution in [0.4, 0.5) is 23.3 Å². The first-order valence-corrected chi connectivity index (χ1v) is 20.9. The van der Waals surface area contributed by atoms with Gasteiger partial charge < -0.3 is 45.0 Å². The highest BCUT2D eigenvalue weighted by atomic mass is 35.5. The predicted octanol–water partition coefficient (Wildman–Crippen LogP) is 1.40. The van der Waals surface area contributed by atoms with Gasteiger partial charge >= 0.3 is 0 Å². The molecule has 332 valence electrons. The summed E-state index contributed by atoms with van der Waals surface area (Å²) in [5.74, 6) is 16.7. The Kier molecular flexibility index (Phi) is 24.3. The van der Waals surface area contributed by atoms with Gasteiger partial charge in [-0.15, -0.1) is 0 Å². The van der Waals surface area contributed by atoms with Gasteiger partial charge in [0.05, 0.1) is 0 Å². The molecule has 0 spiro atoms. The van der Waals surface area contributed by atoms with Crippen LogP contribution in [0.3, 0.4) is 0 Å². The third kappa shape index (κ3) is 19.8. The first-order valence-electron chi connectivity index (χ1n) is 19.4. The summed E-state index contributed by atoms with van der Waals surface area (Å²) >= 11 is 22.4. The van der Waals surface area contributed by atoms with E-state index in [0.717, 1.165) is 109 Å². The zero-order valence-corrected chi connectivity index (χ0v) is 37.9. The van der Waals surface area contributed by atoms with Crippen molar-refractivity contribution in [2.75, 3.05) is 153 Å². The Bertz CT molecular complexity index is 1660. The van der Waals surface area contributed by atoms with Gasteiger partial charge in [0.15, 0.2) is 0 Å². The molecule has 8 N–H and O–H groups in total. The standard InChI is InChI=1S/2C9H13ClN4.C9H16N6.C5H12N2.C4H2Cl2N2.H4N2/c2*1-13-2-4-14(5-3-13)9-6-8(10)11-7-12-9;1-14-2-4-15(5-3-14)9-6-8(13-10)11-7-12-9;1-7-4-2-6-3-5-7;5-3-1-4(6)8-2-7-3;1-2/h2*6-7H,2-5H2,1H3;6-7H,2-5,10H2,1H3,(H,11,12,13);6H,2-5H2,1H3;1-2H;1-2H2. The van der Waals surface area contributed by atoms with E-state index in [1.54, 1.807) is 0 Å². The van der Waals surface area contributed by atoms with E-state index in [9.17, 15) is 0 Å². The highest BCUT2D eigenvalue weighted by molar-refractivity contribution is 6.33. The van der Waals surface area contributed by atoms with Crippen molar-refractivity contribution in [3.05, 3.63) is 70.2 Å². The normalized spacial score (nSPS) is 17.4. The van der Waals surface area contributed by atoms with Gasteiger partial charge in [0.25, 0.3) is 0 Å². The SMILES string of the molecule is CN1CCN(c2cc(Cl)ncn2)CC1.CN1CCN(c2cc(Cl)ncn2)CC1.CN1CCN(c2cc(NN)ncn2)CC1.CN1CCNCC1.Clc1cc(Cl)ncn1.NN. The van der Waals surface area contributed by atoms with Crippen molar-refractivity contribution in [1.82, 2.24) is 64.8 Å². The number of halogens is 4. The lowest BCUT2D eigenvalue weighted by Crippen LogP contribution is -2.44. The molecule has 4 aliphatic heterocycles. The van der Waals surface area contributed by atoms with Crippen LogP contribution in [0.25, 0.3) is 0 Å². The highest BCUT2D eigenvalue weighted by Crippen LogP contribution is 2.17. The Morgan fingerprint density at radius 3 is 1.02 bits per heavy atom. The number of anilines is 4. The van der Waals surface area contributed by atoms with Crippen LogP contribution in [0, 0.1) is 0 Å². The zero-order valence-electron chi connectivity index (χ0n) is 34.9. The van der Waals surface area contributed by atoms with E-state index in [0.29, 0.717) is 26.4 Å².